The molecule has 7 heteroatoms. The van der Waals surface area contributed by atoms with E-state index in [-0.39, 0.29) is 20.7 Å². The molecular formula is C19H22O6Se. The summed E-state index contributed by atoms with van der Waals surface area (Å²) >= 11 is 0.122. The molecule has 26 heavy (non-hydrogen) atoms. The molecule has 0 amide bonds. The Morgan fingerprint density at radius 2 is 1.38 bits per heavy atom. The number of ether oxygens (including phenoxy) is 5. The predicted molar refractivity (Wildman–Crippen MR) is 100 cm³/mol. The average molecular weight is 425 g/mol. The number of carbonyl (C=O) groups excluding carboxylic acids is 1. The number of carbonyl (C=O) groups is 1. The zero-order chi connectivity index (χ0) is 19.3. The number of hydrogen-bond donors (Lipinski definition) is 0. The Kier molecular flexibility index (Phi) is 6.77. The van der Waals surface area contributed by atoms with Gasteiger partial charge >= 0.3 is 159 Å². The summed E-state index contributed by atoms with van der Waals surface area (Å²) in [5, 5.41) is 0. The van der Waals surface area contributed by atoms with Crippen molar-refractivity contribution in [3.63, 3.8) is 0 Å². The fourth-order valence-electron chi connectivity index (χ4n) is 2.65. The number of rotatable bonds is 8. The van der Waals surface area contributed by atoms with Crippen LogP contribution in [0.1, 0.15) is 15.9 Å². The fourth-order valence-corrected chi connectivity index (χ4v) is 3.94. The van der Waals surface area contributed by atoms with Crippen molar-refractivity contribution < 1.29 is 28.5 Å². The minimum atomic E-state index is -0.200. The number of benzene rings is 2. The molecular weight excluding hydrogens is 403 g/mol. The van der Waals surface area contributed by atoms with Gasteiger partial charge in [0, 0.05) is 0 Å². The molecule has 0 saturated heterocycles. The zero-order valence-corrected chi connectivity index (χ0v) is 17.4. The van der Waals surface area contributed by atoms with Crippen LogP contribution in [0.15, 0.2) is 24.3 Å². The van der Waals surface area contributed by atoms with Crippen LogP contribution < -0.4 is 28.1 Å². The molecule has 140 valence electrons. The van der Waals surface area contributed by atoms with Crippen LogP contribution in [0.4, 0.5) is 0 Å². The third-order valence-corrected chi connectivity index (χ3v) is 5.43. The van der Waals surface area contributed by atoms with E-state index < -0.39 is 0 Å². The van der Waals surface area contributed by atoms with Crippen LogP contribution >= 0.6 is 0 Å². The summed E-state index contributed by atoms with van der Waals surface area (Å²) in [6.45, 7) is 0. The Bertz CT molecular complexity index is 778. The summed E-state index contributed by atoms with van der Waals surface area (Å²) in [4.78, 5) is 13.2. The summed E-state index contributed by atoms with van der Waals surface area (Å²) in [6.07, 6.45) is 0. The fraction of sp³-hybridized carbons (Fsp3) is 0.316. The standard InChI is InChI=1S/C19H22O6Se/c1-21-13-8-7-12(17(23-3)19(13)25-5)16(20)11-9-14(22-2)18(24-4)15(10-11)26-6/h7-10H,1-6H3. The van der Waals surface area contributed by atoms with Gasteiger partial charge in [-0.25, -0.2) is 0 Å². The molecule has 2 aromatic carbocycles. The van der Waals surface area contributed by atoms with Crippen LogP contribution in [0.3, 0.4) is 0 Å². The summed E-state index contributed by atoms with van der Waals surface area (Å²) in [5.41, 5.74) is 0.874. The van der Waals surface area contributed by atoms with Crippen LogP contribution in [-0.2, 0) is 0 Å². The Labute approximate surface area is 159 Å². The molecule has 0 spiro atoms. The average Bonchev–Trinajstić information content (AvgIpc) is 2.70. The Morgan fingerprint density at radius 1 is 0.769 bits per heavy atom. The molecule has 0 atom stereocenters. The van der Waals surface area contributed by atoms with E-state index in [1.54, 1.807) is 32.4 Å². The quantitative estimate of drug-likeness (QED) is 0.478. The second-order valence-corrected chi connectivity index (χ2v) is 6.90. The van der Waals surface area contributed by atoms with Crippen molar-refractivity contribution >= 4 is 25.2 Å². The van der Waals surface area contributed by atoms with E-state index in [0.717, 1.165) is 4.46 Å². The second-order valence-electron chi connectivity index (χ2n) is 5.13. The molecule has 0 unspecified atom stereocenters. The molecule has 0 aliphatic heterocycles. The van der Waals surface area contributed by atoms with Crippen LogP contribution in [0, 0.1) is 0 Å². The minimum absolute atomic E-state index is 0.122. The van der Waals surface area contributed by atoms with Crippen molar-refractivity contribution in [1.29, 1.82) is 0 Å². The van der Waals surface area contributed by atoms with Gasteiger partial charge in [0.1, 0.15) is 0 Å². The van der Waals surface area contributed by atoms with Crippen LogP contribution in [0.2, 0.25) is 5.82 Å². The van der Waals surface area contributed by atoms with E-state index >= 15 is 0 Å². The van der Waals surface area contributed by atoms with Gasteiger partial charge in [-0.1, -0.05) is 0 Å². The Balaban J connectivity index is 2.63. The van der Waals surface area contributed by atoms with E-state index in [2.05, 4.69) is 5.82 Å². The van der Waals surface area contributed by atoms with Gasteiger partial charge in [0.2, 0.25) is 0 Å². The maximum absolute atomic E-state index is 13.2. The summed E-state index contributed by atoms with van der Waals surface area (Å²) in [7, 11) is 7.66. The van der Waals surface area contributed by atoms with Gasteiger partial charge < -0.3 is 0 Å². The molecule has 0 radical (unpaired) electrons. The normalized spacial score (nSPS) is 10.2. The molecule has 0 saturated carbocycles. The molecule has 6 nitrogen and oxygen atoms in total. The number of methoxy groups -OCH3 is 5. The van der Waals surface area contributed by atoms with Gasteiger partial charge in [-0.05, 0) is 0 Å². The topological polar surface area (TPSA) is 63.2 Å². The number of ketones is 1. The van der Waals surface area contributed by atoms with E-state index in [0.29, 0.717) is 39.9 Å². The summed E-state index contributed by atoms with van der Waals surface area (Å²) in [6, 6.07) is 6.85. The molecule has 0 N–H and O–H groups in total. The molecule has 2 rings (SSSR count). The van der Waals surface area contributed by atoms with Gasteiger partial charge in [0.25, 0.3) is 0 Å². The molecule has 2 aromatic rings. The monoisotopic (exact) mass is 426 g/mol. The third-order valence-electron chi connectivity index (χ3n) is 3.88. The van der Waals surface area contributed by atoms with Gasteiger partial charge in [-0.2, -0.15) is 0 Å². The number of hydrogen-bond acceptors (Lipinski definition) is 6. The van der Waals surface area contributed by atoms with Crippen molar-refractivity contribution in [3.8, 4) is 28.7 Å². The van der Waals surface area contributed by atoms with Gasteiger partial charge in [0.15, 0.2) is 0 Å². The Morgan fingerprint density at radius 3 is 1.88 bits per heavy atom. The third kappa shape index (κ3) is 3.59. The summed E-state index contributed by atoms with van der Waals surface area (Å²) in [5.74, 6) is 4.23. The van der Waals surface area contributed by atoms with E-state index in [1.807, 2.05) is 6.07 Å². The van der Waals surface area contributed by atoms with Gasteiger partial charge in [-0.3, -0.25) is 0 Å². The summed E-state index contributed by atoms with van der Waals surface area (Å²) < 4.78 is 27.8. The van der Waals surface area contributed by atoms with Crippen molar-refractivity contribution in [1.82, 2.24) is 0 Å². The first kappa shape index (κ1) is 19.9. The Hall–Kier alpha value is -2.37. The first-order valence-corrected chi connectivity index (χ1v) is 10.3. The van der Waals surface area contributed by atoms with Crippen molar-refractivity contribution in [2.75, 3.05) is 35.5 Å². The first-order chi connectivity index (χ1) is 12.6. The van der Waals surface area contributed by atoms with Crippen LogP contribution in [-0.4, -0.2) is 56.3 Å². The predicted octanol–water partition coefficient (Wildman–Crippen LogP) is 2.34. The molecule has 0 aliphatic carbocycles. The first-order valence-electron chi connectivity index (χ1n) is 7.69. The van der Waals surface area contributed by atoms with Crippen molar-refractivity contribution in [2.45, 2.75) is 5.82 Å². The van der Waals surface area contributed by atoms with Gasteiger partial charge in [-0.15, -0.1) is 0 Å². The van der Waals surface area contributed by atoms with E-state index in [4.69, 9.17) is 23.7 Å². The molecule has 0 aliphatic rings. The van der Waals surface area contributed by atoms with E-state index in [9.17, 15) is 4.79 Å². The van der Waals surface area contributed by atoms with Crippen LogP contribution in [0.25, 0.3) is 0 Å². The zero-order valence-electron chi connectivity index (χ0n) is 15.7. The molecule has 0 bridgehead atoms. The second kappa shape index (κ2) is 8.83. The van der Waals surface area contributed by atoms with Crippen molar-refractivity contribution in [2.24, 2.45) is 0 Å². The van der Waals surface area contributed by atoms with Gasteiger partial charge in [0.05, 0.1) is 0 Å². The molecule has 0 heterocycles. The van der Waals surface area contributed by atoms with E-state index in [1.165, 1.54) is 21.3 Å². The SMILES string of the molecule is COc1cc(C(=O)c2ccc(OC)c(OC)c2OC)cc([Se]C)c1OC. The molecule has 0 fully saturated rings. The van der Waals surface area contributed by atoms with Crippen LogP contribution in [0.5, 0.6) is 28.7 Å². The maximum atomic E-state index is 13.2. The molecule has 0 aromatic heterocycles. The van der Waals surface area contributed by atoms with Crippen molar-refractivity contribution in [3.05, 3.63) is 35.4 Å².